The second-order valence-electron chi connectivity index (χ2n) is 3.60. The fourth-order valence-electron chi connectivity index (χ4n) is 1.40. The van der Waals surface area contributed by atoms with Gasteiger partial charge >= 0.3 is 0 Å². The minimum atomic E-state index is -0.623. The van der Waals surface area contributed by atoms with Crippen LogP contribution < -0.4 is 0 Å². The molecular formula is C13H9ClF2OS. The van der Waals surface area contributed by atoms with E-state index >= 15 is 0 Å². The number of hydrogen-bond acceptors (Lipinski definition) is 2. The van der Waals surface area contributed by atoms with Crippen LogP contribution in [0, 0.1) is 11.6 Å². The standard InChI is InChI=1S/C13H9ClF2OS/c14-10-5-8(7-17)1-3-12(10)18-13-4-2-9(15)6-11(13)16/h1-6,17H,7H2. The minimum absolute atomic E-state index is 0.102. The zero-order valence-electron chi connectivity index (χ0n) is 9.16. The zero-order valence-corrected chi connectivity index (χ0v) is 10.7. The quantitative estimate of drug-likeness (QED) is 0.910. The lowest BCUT2D eigenvalue weighted by Gasteiger charge is -2.06. The molecule has 0 saturated heterocycles. The maximum Gasteiger partial charge on any atom is 0.140 e. The van der Waals surface area contributed by atoms with Gasteiger partial charge in [-0.1, -0.05) is 29.4 Å². The Morgan fingerprint density at radius 2 is 1.78 bits per heavy atom. The molecule has 1 N–H and O–H groups in total. The molecule has 1 nitrogen and oxygen atoms in total. The van der Waals surface area contributed by atoms with E-state index in [9.17, 15) is 8.78 Å². The van der Waals surface area contributed by atoms with E-state index in [-0.39, 0.29) is 6.61 Å². The van der Waals surface area contributed by atoms with Crippen LogP contribution in [0.3, 0.4) is 0 Å². The van der Waals surface area contributed by atoms with E-state index < -0.39 is 11.6 Å². The molecule has 0 spiro atoms. The Kier molecular flexibility index (Phi) is 4.22. The molecule has 2 aromatic carbocycles. The van der Waals surface area contributed by atoms with Gasteiger partial charge in [-0.05, 0) is 29.8 Å². The van der Waals surface area contributed by atoms with Crippen molar-refractivity contribution in [2.24, 2.45) is 0 Å². The summed E-state index contributed by atoms with van der Waals surface area (Å²) in [6.45, 7) is -0.102. The Balaban J connectivity index is 2.28. The second-order valence-corrected chi connectivity index (χ2v) is 5.09. The predicted octanol–water partition coefficient (Wildman–Crippen LogP) is 4.26. The van der Waals surface area contributed by atoms with Crippen LogP contribution in [0.25, 0.3) is 0 Å². The smallest absolute Gasteiger partial charge is 0.140 e. The molecule has 94 valence electrons. The van der Waals surface area contributed by atoms with Gasteiger partial charge in [-0.25, -0.2) is 8.78 Å². The van der Waals surface area contributed by atoms with Crippen molar-refractivity contribution in [3.05, 3.63) is 58.6 Å². The summed E-state index contributed by atoms with van der Waals surface area (Å²) in [6, 6.07) is 8.41. The predicted molar refractivity (Wildman–Crippen MR) is 67.9 cm³/mol. The van der Waals surface area contributed by atoms with E-state index in [4.69, 9.17) is 16.7 Å². The highest BCUT2D eigenvalue weighted by atomic mass is 35.5. The Labute approximate surface area is 112 Å². The molecule has 0 unspecified atom stereocenters. The number of halogens is 3. The average Bonchev–Trinajstić information content (AvgIpc) is 2.34. The fraction of sp³-hybridized carbons (Fsp3) is 0.0769. The third-order valence-electron chi connectivity index (χ3n) is 2.29. The lowest BCUT2D eigenvalue weighted by molar-refractivity contribution is 0.282. The molecule has 0 aliphatic rings. The lowest BCUT2D eigenvalue weighted by atomic mass is 10.2. The van der Waals surface area contributed by atoms with Crippen LogP contribution >= 0.6 is 23.4 Å². The second kappa shape index (κ2) is 5.69. The number of benzene rings is 2. The van der Waals surface area contributed by atoms with Gasteiger partial charge in [0, 0.05) is 15.9 Å². The van der Waals surface area contributed by atoms with Gasteiger partial charge < -0.3 is 5.11 Å². The molecule has 0 bridgehead atoms. The molecule has 0 radical (unpaired) electrons. The summed E-state index contributed by atoms with van der Waals surface area (Å²) in [7, 11) is 0. The number of aliphatic hydroxyl groups is 1. The van der Waals surface area contributed by atoms with Crippen LogP contribution in [0.4, 0.5) is 8.78 Å². The van der Waals surface area contributed by atoms with E-state index in [0.29, 0.717) is 20.4 Å². The number of aliphatic hydroxyl groups excluding tert-OH is 1. The van der Waals surface area contributed by atoms with Crippen molar-refractivity contribution in [1.29, 1.82) is 0 Å². The van der Waals surface area contributed by atoms with Crippen LogP contribution in [0.2, 0.25) is 5.02 Å². The molecular weight excluding hydrogens is 278 g/mol. The first kappa shape index (κ1) is 13.3. The van der Waals surface area contributed by atoms with Crippen molar-refractivity contribution in [3.63, 3.8) is 0 Å². The number of hydrogen-bond donors (Lipinski definition) is 1. The van der Waals surface area contributed by atoms with Gasteiger partial charge in [-0.15, -0.1) is 0 Å². The van der Waals surface area contributed by atoms with Gasteiger partial charge in [0.2, 0.25) is 0 Å². The summed E-state index contributed by atoms with van der Waals surface area (Å²) in [5.41, 5.74) is 0.684. The van der Waals surface area contributed by atoms with Crippen molar-refractivity contribution < 1.29 is 13.9 Å². The van der Waals surface area contributed by atoms with E-state index in [0.717, 1.165) is 17.8 Å². The molecule has 0 atom stereocenters. The molecule has 0 saturated carbocycles. The molecule has 0 amide bonds. The van der Waals surface area contributed by atoms with Crippen LogP contribution in [-0.2, 0) is 6.61 Å². The van der Waals surface area contributed by atoms with Gasteiger partial charge in [0.15, 0.2) is 0 Å². The fourth-order valence-corrected chi connectivity index (χ4v) is 2.54. The normalized spacial score (nSPS) is 10.7. The molecule has 0 fully saturated rings. The maximum absolute atomic E-state index is 13.5. The first-order chi connectivity index (χ1) is 8.60. The average molecular weight is 287 g/mol. The largest absolute Gasteiger partial charge is 0.392 e. The Bertz CT molecular complexity index is 575. The highest BCUT2D eigenvalue weighted by Gasteiger charge is 2.08. The molecule has 0 heterocycles. The molecule has 0 aromatic heterocycles. The summed E-state index contributed by atoms with van der Waals surface area (Å²) in [6.07, 6.45) is 0. The Morgan fingerprint density at radius 3 is 2.39 bits per heavy atom. The van der Waals surface area contributed by atoms with Gasteiger partial charge in [-0.3, -0.25) is 0 Å². The SMILES string of the molecule is OCc1ccc(Sc2ccc(F)cc2F)c(Cl)c1. The third-order valence-corrected chi connectivity index (χ3v) is 3.84. The van der Waals surface area contributed by atoms with Crippen molar-refractivity contribution in [3.8, 4) is 0 Å². The summed E-state index contributed by atoms with van der Waals surface area (Å²) in [5.74, 6) is -1.24. The van der Waals surface area contributed by atoms with Gasteiger partial charge in [-0.2, -0.15) is 0 Å². The van der Waals surface area contributed by atoms with Crippen LogP contribution in [0.15, 0.2) is 46.2 Å². The summed E-state index contributed by atoms with van der Waals surface area (Å²) in [4.78, 5) is 0.953. The third kappa shape index (κ3) is 3.02. The lowest BCUT2D eigenvalue weighted by Crippen LogP contribution is -1.86. The highest BCUT2D eigenvalue weighted by molar-refractivity contribution is 7.99. The molecule has 0 aliphatic carbocycles. The van der Waals surface area contributed by atoms with Crippen molar-refractivity contribution in [2.75, 3.05) is 0 Å². The van der Waals surface area contributed by atoms with Crippen LogP contribution in [-0.4, -0.2) is 5.11 Å². The van der Waals surface area contributed by atoms with Crippen molar-refractivity contribution in [2.45, 2.75) is 16.4 Å². The van der Waals surface area contributed by atoms with E-state index in [1.807, 2.05) is 0 Å². The molecule has 2 aromatic rings. The summed E-state index contributed by atoms with van der Waals surface area (Å²) < 4.78 is 26.2. The van der Waals surface area contributed by atoms with Crippen molar-refractivity contribution in [1.82, 2.24) is 0 Å². The minimum Gasteiger partial charge on any atom is -0.392 e. The Morgan fingerprint density at radius 1 is 1.06 bits per heavy atom. The summed E-state index contributed by atoms with van der Waals surface area (Å²) in [5, 5.41) is 9.38. The van der Waals surface area contributed by atoms with Crippen LogP contribution in [0.5, 0.6) is 0 Å². The first-order valence-electron chi connectivity index (χ1n) is 5.12. The topological polar surface area (TPSA) is 20.2 Å². The molecule has 18 heavy (non-hydrogen) atoms. The van der Waals surface area contributed by atoms with Gasteiger partial charge in [0.1, 0.15) is 11.6 Å². The number of rotatable bonds is 3. The molecule has 0 aliphatic heterocycles. The molecule has 2 rings (SSSR count). The Hall–Kier alpha value is -1.10. The first-order valence-corrected chi connectivity index (χ1v) is 6.32. The van der Waals surface area contributed by atoms with Gasteiger partial charge in [0.05, 0.1) is 11.6 Å². The van der Waals surface area contributed by atoms with Gasteiger partial charge in [0.25, 0.3) is 0 Å². The zero-order chi connectivity index (χ0) is 13.1. The van der Waals surface area contributed by atoms with E-state index in [1.54, 1.807) is 18.2 Å². The highest BCUT2D eigenvalue weighted by Crippen LogP contribution is 2.35. The monoisotopic (exact) mass is 286 g/mol. The maximum atomic E-state index is 13.5. The molecule has 5 heteroatoms. The summed E-state index contributed by atoms with van der Waals surface area (Å²) >= 11 is 7.13. The van der Waals surface area contributed by atoms with Crippen LogP contribution in [0.1, 0.15) is 5.56 Å². The van der Waals surface area contributed by atoms with E-state index in [1.165, 1.54) is 12.1 Å². The van der Waals surface area contributed by atoms with E-state index in [2.05, 4.69) is 0 Å². The van der Waals surface area contributed by atoms with Crippen molar-refractivity contribution >= 4 is 23.4 Å².